The first-order chi connectivity index (χ1) is 13.6. The van der Waals surface area contributed by atoms with E-state index in [4.69, 9.17) is 4.74 Å². The molecule has 0 saturated carbocycles. The Morgan fingerprint density at radius 1 is 0.931 bits per heavy atom. The zero-order valence-electron chi connectivity index (χ0n) is 15.9. The van der Waals surface area contributed by atoms with Gasteiger partial charge in [-0.3, -0.25) is 4.79 Å². The van der Waals surface area contributed by atoms with Crippen molar-refractivity contribution in [1.82, 2.24) is 4.90 Å². The van der Waals surface area contributed by atoms with Gasteiger partial charge in [0, 0.05) is 20.0 Å². The summed E-state index contributed by atoms with van der Waals surface area (Å²) < 4.78 is 68.6. The van der Waals surface area contributed by atoms with Gasteiger partial charge in [-0.25, -0.2) is 0 Å². The quantitative estimate of drug-likeness (QED) is 0.422. The smallest absolute Gasteiger partial charge is 0.463 e. The maximum atomic E-state index is 13.1. The molecule has 0 aliphatic rings. The van der Waals surface area contributed by atoms with Crippen LogP contribution < -0.4 is 4.74 Å². The van der Waals surface area contributed by atoms with Crippen LogP contribution in [0.15, 0.2) is 54.6 Å². The Morgan fingerprint density at radius 3 is 2.21 bits per heavy atom. The van der Waals surface area contributed by atoms with E-state index in [1.165, 1.54) is 0 Å². The first-order valence-corrected chi connectivity index (χ1v) is 9.07. The van der Waals surface area contributed by atoms with Crippen molar-refractivity contribution in [3.8, 4) is 5.75 Å². The van der Waals surface area contributed by atoms with Crippen molar-refractivity contribution in [2.45, 2.75) is 31.4 Å². The second kappa shape index (κ2) is 9.71. The van der Waals surface area contributed by atoms with Gasteiger partial charge in [-0.1, -0.05) is 48.5 Å². The third-order valence-corrected chi connectivity index (χ3v) is 4.33. The summed E-state index contributed by atoms with van der Waals surface area (Å²) in [4.78, 5) is 11.7. The van der Waals surface area contributed by atoms with E-state index in [0.717, 1.165) is 18.2 Å². The lowest BCUT2D eigenvalue weighted by molar-refractivity contribution is -0.274. The molecule has 0 fully saturated rings. The normalized spacial score (nSPS) is 11.9. The fraction of sp³-hybridized carbons (Fsp3) is 0.381. The molecule has 0 radical (unpaired) electrons. The van der Waals surface area contributed by atoms with E-state index in [1.807, 2.05) is 54.6 Å². The van der Waals surface area contributed by atoms with Gasteiger partial charge in [0.05, 0.1) is 6.61 Å². The molecular weight excluding hydrogens is 393 g/mol. The molecule has 2 aromatic carbocycles. The molecule has 0 atom stereocenters. The van der Waals surface area contributed by atoms with Crippen molar-refractivity contribution in [3.63, 3.8) is 0 Å². The van der Waals surface area contributed by atoms with Gasteiger partial charge in [0.15, 0.2) is 0 Å². The monoisotopic (exact) mass is 415 g/mol. The molecule has 0 unspecified atom stereocenters. The number of nitrogens with zero attached hydrogens (tertiary/aromatic N) is 1. The SMILES string of the molecule is CN(CCCCOc1ccccc1Cc1ccccc1)C(=O)C(F)(F)C(F)(F)F. The number of hydrogen-bond acceptors (Lipinski definition) is 2. The van der Waals surface area contributed by atoms with E-state index in [9.17, 15) is 26.7 Å². The Labute approximate surface area is 166 Å². The number of hydrogen-bond donors (Lipinski definition) is 0. The standard InChI is InChI=1S/C21H22F5NO2/c1-27(19(28)20(22,23)21(24,25)26)13-7-8-14-29-18-12-6-5-11-17(18)15-16-9-3-2-4-10-16/h2-6,9-12H,7-8,13-15H2,1H3. The maximum absolute atomic E-state index is 13.1. The van der Waals surface area contributed by atoms with Crippen molar-refractivity contribution in [2.75, 3.05) is 20.2 Å². The second-order valence-electron chi connectivity index (χ2n) is 6.62. The minimum atomic E-state index is -5.90. The van der Waals surface area contributed by atoms with Crippen molar-refractivity contribution in [3.05, 3.63) is 65.7 Å². The lowest BCUT2D eigenvalue weighted by atomic mass is 10.0. The number of benzene rings is 2. The minimum Gasteiger partial charge on any atom is -0.493 e. The van der Waals surface area contributed by atoms with E-state index in [1.54, 1.807) is 0 Å². The summed E-state index contributed by atoms with van der Waals surface area (Å²) in [7, 11) is 0.929. The highest BCUT2D eigenvalue weighted by Crippen LogP contribution is 2.36. The van der Waals surface area contributed by atoms with E-state index >= 15 is 0 Å². The van der Waals surface area contributed by atoms with Crippen molar-refractivity contribution < 1.29 is 31.5 Å². The molecule has 0 heterocycles. The van der Waals surface area contributed by atoms with Crippen molar-refractivity contribution >= 4 is 5.91 Å². The third kappa shape index (κ3) is 6.17. The Balaban J connectivity index is 1.81. The predicted molar refractivity (Wildman–Crippen MR) is 99.1 cm³/mol. The summed E-state index contributed by atoms with van der Waals surface area (Å²) in [6.45, 7) is 0.0308. The number of carbonyl (C=O) groups is 1. The van der Waals surface area contributed by atoms with E-state index in [2.05, 4.69) is 0 Å². The molecule has 158 valence electrons. The van der Waals surface area contributed by atoms with Gasteiger partial charge in [0.1, 0.15) is 5.75 Å². The third-order valence-electron chi connectivity index (χ3n) is 4.33. The van der Waals surface area contributed by atoms with Crippen LogP contribution >= 0.6 is 0 Å². The summed E-state index contributed by atoms with van der Waals surface area (Å²) in [5, 5.41) is 0. The van der Waals surface area contributed by atoms with E-state index in [0.29, 0.717) is 23.5 Å². The molecule has 0 aliphatic carbocycles. The van der Waals surface area contributed by atoms with Crippen LogP contribution in [0.2, 0.25) is 0 Å². The van der Waals surface area contributed by atoms with Gasteiger partial charge >= 0.3 is 18.0 Å². The number of carbonyl (C=O) groups excluding carboxylic acids is 1. The largest absolute Gasteiger partial charge is 0.493 e. The highest BCUT2D eigenvalue weighted by molar-refractivity contribution is 5.84. The summed E-state index contributed by atoms with van der Waals surface area (Å²) in [6, 6.07) is 17.3. The van der Waals surface area contributed by atoms with Crippen LogP contribution in [0.5, 0.6) is 5.75 Å². The predicted octanol–water partition coefficient (Wildman–Crippen LogP) is 5.09. The fourth-order valence-corrected chi connectivity index (χ4v) is 2.70. The summed E-state index contributed by atoms with van der Waals surface area (Å²) in [5.41, 5.74) is 2.10. The molecule has 0 bridgehead atoms. The summed E-state index contributed by atoms with van der Waals surface area (Å²) in [5.74, 6) is -6.95. The first-order valence-electron chi connectivity index (χ1n) is 9.07. The lowest BCUT2D eigenvalue weighted by Crippen LogP contribution is -2.51. The first kappa shape index (κ1) is 22.6. The average molecular weight is 415 g/mol. The Bertz CT molecular complexity index is 793. The van der Waals surface area contributed by atoms with Crippen molar-refractivity contribution in [2.24, 2.45) is 0 Å². The highest BCUT2D eigenvalue weighted by Gasteiger charge is 2.64. The summed E-state index contributed by atoms with van der Waals surface area (Å²) >= 11 is 0. The van der Waals surface area contributed by atoms with Gasteiger partial charge in [-0.15, -0.1) is 0 Å². The topological polar surface area (TPSA) is 29.5 Å². The number of amides is 1. The zero-order valence-corrected chi connectivity index (χ0v) is 15.9. The molecule has 0 aromatic heterocycles. The molecule has 0 spiro atoms. The molecule has 29 heavy (non-hydrogen) atoms. The van der Waals surface area contributed by atoms with Gasteiger partial charge < -0.3 is 9.64 Å². The molecular formula is C21H22F5NO2. The van der Waals surface area contributed by atoms with Crippen LogP contribution in [-0.4, -0.2) is 43.1 Å². The van der Waals surface area contributed by atoms with E-state index < -0.39 is 18.0 Å². The number of unbranched alkanes of at least 4 members (excludes halogenated alkanes) is 1. The fourth-order valence-electron chi connectivity index (χ4n) is 2.70. The average Bonchev–Trinajstić information content (AvgIpc) is 2.68. The molecule has 8 heteroatoms. The maximum Gasteiger partial charge on any atom is 0.463 e. The van der Waals surface area contributed by atoms with Gasteiger partial charge in [0.2, 0.25) is 0 Å². The Kier molecular flexibility index (Phi) is 7.59. The molecule has 0 saturated heterocycles. The number of rotatable bonds is 9. The molecule has 3 nitrogen and oxygen atoms in total. The molecule has 2 rings (SSSR count). The number of alkyl halides is 5. The van der Waals surface area contributed by atoms with Gasteiger partial charge in [-0.2, -0.15) is 22.0 Å². The number of halogens is 5. The van der Waals surface area contributed by atoms with Crippen LogP contribution in [-0.2, 0) is 11.2 Å². The zero-order chi connectivity index (χ0) is 21.5. The Hall–Kier alpha value is -2.64. The highest BCUT2D eigenvalue weighted by atomic mass is 19.4. The van der Waals surface area contributed by atoms with Crippen LogP contribution in [0.25, 0.3) is 0 Å². The molecule has 1 amide bonds. The van der Waals surface area contributed by atoms with Crippen LogP contribution in [0, 0.1) is 0 Å². The van der Waals surface area contributed by atoms with Gasteiger partial charge in [-0.05, 0) is 30.0 Å². The minimum absolute atomic E-state index is 0.223. The van der Waals surface area contributed by atoms with Crippen LogP contribution in [0.1, 0.15) is 24.0 Å². The van der Waals surface area contributed by atoms with Crippen LogP contribution in [0.3, 0.4) is 0 Å². The number of para-hydroxylation sites is 1. The summed E-state index contributed by atoms with van der Waals surface area (Å²) in [6.07, 6.45) is -4.59. The number of ether oxygens (including phenoxy) is 1. The van der Waals surface area contributed by atoms with Gasteiger partial charge in [0.25, 0.3) is 0 Å². The Morgan fingerprint density at radius 2 is 1.55 bits per heavy atom. The van der Waals surface area contributed by atoms with Crippen LogP contribution in [0.4, 0.5) is 22.0 Å². The lowest BCUT2D eigenvalue weighted by Gasteiger charge is -2.24. The molecule has 0 N–H and O–H groups in total. The molecule has 2 aromatic rings. The molecule has 0 aliphatic heterocycles. The second-order valence-corrected chi connectivity index (χ2v) is 6.62. The van der Waals surface area contributed by atoms with E-state index in [-0.39, 0.29) is 19.6 Å². The van der Waals surface area contributed by atoms with Crippen molar-refractivity contribution in [1.29, 1.82) is 0 Å².